The van der Waals surface area contributed by atoms with E-state index >= 15 is 0 Å². The molecule has 2 heterocycles. The van der Waals surface area contributed by atoms with Crippen molar-refractivity contribution in [2.75, 3.05) is 18.8 Å². The van der Waals surface area contributed by atoms with Gasteiger partial charge in [-0.2, -0.15) is 5.26 Å². The van der Waals surface area contributed by atoms with Crippen LogP contribution in [-0.2, 0) is 9.59 Å². The quantitative estimate of drug-likeness (QED) is 0.524. The molecule has 2 amide bonds. The zero-order valence-corrected chi connectivity index (χ0v) is 18.6. The minimum atomic E-state index is -0.0765. The van der Waals surface area contributed by atoms with E-state index in [9.17, 15) is 9.59 Å². The molecule has 1 aliphatic carbocycles. The largest absolute Gasteiger partial charge is 0.342 e. The number of aliphatic imine (C=N–C) groups is 1. The summed E-state index contributed by atoms with van der Waals surface area (Å²) in [5, 5.41) is 9.65. The van der Waals surface area contributed by atoms with E-state index in [1.807, 2.05) is 21.9 Å². The Morgan fingerprint density at radius 2 is 1.77 bits per heavy atom. The van der Waals surface area contributed by atoms with Gasteiger partial charge >= 0.3 is 0 Å². The number of likely N-dealkylation sites (tertiary alicyclic amines) is 1. The van der Waals surface area contributed by atoms with Gasteiger partial charge in [0, 0.05) is 19.1 Å². The van der Waals surface area contributed by atoms with Gasteiger partial charge in [0.05, 0.1) is 17.4 Å². The maximum Gasteiger partial charge on any atom is 0.278 e. The van der Waals surface area contributed by atoms with Crippen molar-refractivity contribution in [1.82, 2.24) is 9.80 Å². The Kier molecular flexibility index (Phi) is 7.08. The van der Waals surface area contributed by atoms with Gasteiger partial charge in [-0.15, -0.1) is 0 Å². The van der Waals surface area contributed by atoms with Crippen LogP contribution < -0.4 is 0 Å². The Bertz CT molecular complexity index is 918. The third-order valence-corrected chi connectivity index (χ3v) is 7.11. The lowest BCUT2D eigenvalue weighted by atomic mass is 10.1. The number of nitrogens with zero attached hydrogens (tertiary/aromatic N) is 4. The van der Waals surface area contributed by atoms with Crippen LogP contribution in [0.2, 0.25) is 0 Å². The first-order valence-corrected chi connectivity index (χ1v) is 12.2. The average molecular weight is 437 g/mol. The van der Waals surface area contributed by atoms with Gasteiger partial charge < -0.3 is 4.90 Å². The first-order valence-electron chi connectivity index (χ1n) is 11.2. The van der Waals surface area contributed by atoms with E-state index in [0.717, 1.165) is 57.2 Å². The van der Waals surface area contributed by atoms with Gasteiger partial charge in [-0.1, -0.05) is 49.6 Å². The van der Waals surface area contributed by atoms with Crippen molar-refractivity contribution < 1.29 is 9.59 Å². The van der Waals surface area contributed by atoms with Crippen LogP contribution in [0.5, 0.6) is 0 Å². The summed E-state index contributed by atoms with van der Waals surface area (Å²) in [6.45, 7) is 1.67. The predicted molar refractivity (Wildman–Crippen MR) is 123 cm³/mol. The maximum absolute atomic E-state index is 13.3. The predicted octanol–water partition coefficient (Wildman–Crippen LogP) is 4.18. The van der Waals surface area contributed by atoms with Gasteiger partial charge in [-0.3, -0.25) is 14.5 Å². The molecule has 0 radical (unpaired) electrons. The number of nitriles is 1. The molecule has 3 aliphatic rings. The Morgan fingerprint density at radius 1 is 1.10 bits per heavy atom. The van der Waals surface area contributed by atoms with E-state index in [1.165, 1.54) is 24.6 Å². The summed E-state index contributed by atoms with van der Waals surface area (Å²) in [6.07, 6.45) is 10.5. The van der Waals surface area contributed by atoms with E-state index in [4.69, 9.17) is 5.26 Å². The van der Waals surface area contributed by atoms with E-state index in [0.29, 0.717) is 22.2 Å². The molecule has 0 unspecified atom stereocenters. The minimum absolute atomic E-state index is 0.0765. The van der Waals surface area contributed by atoms with Crippen LogP contribution in [0.3, 0.4) is 0 Å². The number of hydrogen-bond donors (Lipinski definition) is 0. The highest BCUT2D eigenvalue weighted by atomic mass is 32.2. The fourth-order valence-corrected chi connectivity index (χ4v) is 5.41. The summed E-state index contributed by atoms with van der Waals surface area (Å²) in [4.78, 5) is 34.3. The molecule has 0 aromatic heterocycles. The third-order valence-electron chi connectivity index (χ3n) is 6.18. The molecule has 4 rings (SSSR count). The zero-order chi connectivity index (χ0) is 21.6. The molecule has 1 saturated heterocycles. The fourth-order valence-electron chi connectivity index (χ4n) is 4.44. The number of thioether (sulfide) groups is 1. The number of carbonyl (C=O) groups excluding carboxylic acids is 2. The second-order valence-corrected chi connectivity index (χ2v) is 9.30. The van der Waals surface area contributed by atoms with Gasteiger partial charge in [0.2, 0.25) is 5.91 Å². The highest BCUT2D eigenvalue weighted by molar-refractivity contribution is 8.14. The maximum atomic E-state index is 13.3. The molecule has 2 fully saturated rings. The molecule has 6 nitrogen and oxygen atoms in total. The van der Waals surface area contributed by atoms with Crippen LogP contribution in [0.15, 0.2) is 35.0 Å². The molecule has 7 heteroatoms. The fraction of sp³-hybridized carbons (Fsp3) is 0.500. The number of benzene rings is 1. The summed E-state index contributed by atoms with van der Waals surface area (Å²) in [5.41, 5.74) is 1.83. The molecule has 31 heavy (non-hydrogen) atoms. The first-order chi connectivity index (χ1) is 15.2. The summed E-state index contributed by atoms with van der Waals surface area (Å²) in [6, 6.07) is 9.39. The molecule has 0 atom stereocenters. The van der Waals surface area contributed by atoms with Gasteiger partial charge in [0.15, 0.2) is 5.17 Å². The third kappa shape index (κ3) is 5.19. The Hall–Kier alpha value is -2.59. The number of carbonyl (C=O) groups is 2. The van der Waals surface area contributed by atoms with Gasteiger partial charge in [0.1, 0.15) is 5.70 Å². The zero-order valence-electron chi connectivity index (χ0n) is 17.8. The van der Waals surface area contributed by atoms with Crippen LogP contribution in [0, 0.1) is 11.3 Å². The van der Waals surface area contributed by atoms with Gasteiger partial charge in [-0.05, 0) is 49.5 Å². The van der Waals surface area contributed by atoms with Crippen molar-refractivity contribution in [2.45, 2.75) is 57.4 Å². The first kappa shape index (κ1) is 21.6. The topological polar surface area (TPSA) is 76.8 Å². The van der Waals surface area contributed by atoms with Crippen molar-refractivity contribution in [1.29, 1.82) is 5.26 Å². The Morgan fingerprint density at radius 3 is 2.42 bits per heavy atom. The molecule has 0 bridgehead atoms. The molecule has 1 aromatic carbocycles. The van der Waals surface area contributed by atoms with Crippen molar-refractivity contribution in [3.05, 3.63) is 41.1 Å². The summed E-state index contributed by atoms with van der Waals surface area (Å²) < 4.78 is 0. The van der Waals surface area contributed by atoms with E-state index in [-0.39, 0.29) is 17.9 Å². The molecule has 1 saturated carbocycles. The van der Waals surface area contributed by atoms with Gasteiger partial charge in [-0.25, -0.2) is 4.99 Å². The Balaban J connectivity index is 1.55. The van der Waals surface area contributed by atoms with E-state index in [2.05, 4.69) is 11.1 Å². The van der Waals surface area contributed by atoms with Crippen molar-refractivity contribution >= 4 is 34.8 Å². The van der Waals surface area contributed by atoms with Crippen LogP contribution in [0.25, 0.3) is 6.08 Å². The monoisotopic (exact) mass is 436 g/mol. The van der Waals surface area contributed by atoms with Crippen molar-refractivity contribution in [2.24, 2.45) is 4.99 Å². The normalized spacial score (nSPS) is 21.3. The second kappa shape index (κ2) is 10.1. The molecule has 0 spiro atoms. The van der Waals surface area contributed by atoms with Crippen LogP contribution >= 0.6 is 11.8 Å². The van der Waals surface area contributed by atoms with Crippen molar-refractivity contribution in [3.8, 4) is 6.07 Å². The van der Waals surface area contributed by atoms with E-state index in [1.54, 1.807) is 18.2 Å². The standard InChI is InChI=1S/C24H28N4O2S/c25-16-19-11-9-18(10-12-19)15-21-23(30)28(20-7-3-1-2-4-8-20)24(26-21)31-17-22(29)27-13-5-6-14-27/h9-12,15,20H,1-8,13-14,17H2/b21-15+. The number of rotatable bonds is 4. The number of amidine groups is 1. The highest BCUT2D eigenvalue weighted by Gasteiger charge is 2.36. The summed E-state index contributed by atoms with van der Waals surface area (Å²) >= 11 is 1.39. The SMILES string of the molecule is N#Cc1ccc(/C=C2/N=C(SCC(=O)N3CCCC3)N(C3CCCCCC3)C2=O)cc1. The average Bonchev–Trinajstić information content (AvgIpc) is 3.34. The lowest BCUT2D eigenvalue weighted by Crippen LogP contribution is -2.40. The smallest absolute Gasteiger partial charge is 0.278 e. The van der Waals surface area contributed by atoms with Crippen LogP contribution in [-0.4, -0.2) is 51.7 Å². The van der Waals surface area contributed by atoms with Crippen molar-refractivity contribution in [3.63, 3.8) is 0 Å². The molecular weight excluding hydrogens is 408 g/mol. The lowest BCUT2D eigenvalue weighted by Gasteiger charge is -2.27. The van der Waals surface area contributed by atoms with Crippen LogP contribution in [0.1, 0.15) is 62.5 Å². The number of hydrogen-bond acceptors (Lipinski definition) is 5. The number of amides is 2. The summed E-state index contributed by atoms with van der Waals surface area (Å²) in [7, 11) is 0. The lowest BCUT2D eigenvalue weighted by molar-refractivity contribution is -0.127. The molecular formula is C24H28N4O2S. The van der Waals surface area contributed by atoms with Crippen LogP contribution in [0.4, 0.5) is 0 Å². The highest BCUT2D eigenvalue weighted by Crippen LogP contribution is 2.31. The second-order valence-electron chi connectivity index (χ2n) is 8.35. The molecule has 162 valence electrons. The minimum Gasteiger partial charge on any atom is -0.342 e. The molecule has 2 aliphatic heterocycles. The Labute approximate surface area is 188 Å². The van der Waals surface area contributed by atoms with E-state index < -0.39 is 0 Å². The molecule has 1 aromatic rings. The molecule has 0 N–H and O–H groups in total. The summed E-state index contributed by atoms with van der Waals surface area (Å²) in [5.74, 6) is 0.370. The van der Waals surface area contributed by atoms with Gasteiger partial charge in [0.25, 0.3) is 5.91 Å².